The van der Waals surface area contributed by atoms with Gasteiger partial charge in [0.25, 0.3) is 0 Å². The summed E-state index contributed by atoms with van der Waals surface area (Å²) in [6, 6.07) is 6.17. The molecule has 2 bridgehead atoms. The number of hydrogen-bond acceptors (Lipinski definition) is 4. The van der Waals surface area contributed by atoms with Crippen LogP contribution in [-0.2, 0) is 11.3 Å². The first kappa shape index (κ1) is 17.2. The van der Waals surface area contributed by atoms with E-state index >= 15 is 0 Å². The van der Waals surface area contributed by atoms with Crippen LogP contribution in [-0.4, -0.2) is 55.9 Å². The first-order valence-corrected chi connectivity index (χ1v) is 10.4. The van der Waals surface area contributed by atoms with E-state index < -0.39 is 0 Å². The molecule has 0 saturated carbocycles. The van der Waals surface area contributed by atoms with E-state index in [1.54, 1.807) is 0 Å². The van der Waals surface area contributed by atoms with Gasteiger partial charge in [0.1, 0.15) is 0 Å². The molecule has 3 saturated heterocycles. The average Bonchev–Trinajstić information content (AvgIpc) is 3.35. The fourth-order valence-corrected chi connectivity index (χ4v) is 5.03. The second-order valence-electron chi connectivity index (χ2n) is 8.02. The van der Waals surface area contributed by atoms with Crippen LogP contribution in [0.5, 0.6) is 11.5 Å². The number of hydrogen-bond donors (Lipinski definition) is 1. The molecule has 5 rings (SSSR count). The third-order valence-electron chi connectivity index (χ3n) is 6.31. The van der Waals surface area contributed by atoms with E-state index in [9.17, 15) is 0 Å². The lowest BCUT2D eigenvalue weighted by atomic mass is 9.82. The van der Waals surface area contributed by atoms with Gasteiger partial charge >= 0.3 is 0 Å². The summed E-state index contributed by atoms with van der Waals surface area (Å²) in [5.74, 6) is 4.08. The van der Waals surface area contributed by atoms with Gasteiger partial charge in [0.15, 0.2) is 17.5 Å². The highest BCUT2D eigenvalue weighted by molar-refractivity contribution is 5.80. The van der Waals surface area contributed by atoms with Crippen molar-refractivity contribution in [2.45, 2.75) is 44.9 Å². The van der Waals surface area contributed by atoms with E-state index in [1.807, 2.05) is 6.07 Å². The molecule has 0 aromatic heterocycles. The lowest BCUT2D eigenvalue weighted by molar-refractivity contribution is 0.0767. The van der Waals surface area contributed by atoms with Crippen LogP contribution in [0.2, 0.25) is 0 Å². The van der Waals surface area contributed by atoms with Crippen LogP contribution in [0.3, 0.4) is 0 Å². The molecule has 0 amide bonds. The number of benzene rings is 1. The Labute approximate surface area is 160 Å². The SMILES string of the molecule is CCNC(=NCc1ccc2c(c1)OCCCO2)N1CC2C3CCC(O3)C2C1. The van der Waals surface area contributed by atoms with Crippen molar-refractivity contribution in [2.24, 2.45) is 16.8 Å². The van der Waals surface area contributed by atoms with Crippen molar-refractivity contribution >= 4 is 5.96 Å². The van der Waals surface area contributed by atoms with Gasteiger partial charge in [-0.05, 0) is 37.5 Å². The molecule has 1 N–H and O–H groups in total. The minimum Gasteiger partial charge on any atom is -0.490 e. The van der Waals surface area contributed by atoms with Crippen molar-refractivity contribution in [3.8, 4) is 11.5 Å². The second-order valence-corrected chi connectivity index (χ2v) is 8.02. The minimum absolute atomic E-state index is 0.481. The standard InChI is InChI=1S/C21H29N3O3/c1-2-22-21(24-12-15-16(13-24)18-7-6-17(15)27-18)23-11-14-4-5-19-20(10-14)26-9-3-8-25-19/h4-5,10,15-18H,2-3,6-9,11-13H2,1H3,(H,22,23). The molecule has 4 unspecified atom stereocenters. The number of nitrogens with zero attached hydrogens (tertiary/aromatic N) is 2. The van der Waals surface area contributed by atoms with Gasteiger partial charge < -0.3 is 24.4 Å². The number of guanidine groups is 1. The Balaban J connectivity index is 1.29. The molecule has 4 atom stereocenters. The Morgan fingerprint density at radius 2 is 1.85 bits per heavy atom. The molecule has 3 fully saturated rings. The minimum atomic E-state index is 0.481. The summed E-state index contributed by atoms with van der Waals surface area (Å²) in [4.78, 5) is 7.37. The molecule has 0 aliphatic carbocycles. The predicted octanol–water partition coefficient (Wildman–Crippen LogP) is 2.42. The maximum Gasteiger partial charge on any atom is 0.194 e. The third kappa shape index (κ3) is 3.24. The van der Waals surface area contributed by atoms with Crippen LogP contribution in [0.1, 0.15) is 31.7 Å². The van der Waals surface area contributed by atoms with Gasteiger partial charge in [-0.3, -0.25) is 0 Å². The van der Waals surface area contributed by atoms with Crippen LogP contribution >= 0.6 is 0 Å². The van der Waals surface area contributed by atoms with Crippen molar-refractivity contribution in [2.75, 3.05) is 32.8 Å². The number of ether oxygens (including phenoxy) is 3. The van der Waals surface area contributed by atoms with E-state index in [2.05, 4.69) is 29.3 Å². The van der Waals surface area contributed by atoms with Crippen LogP contribution < -0.4 is 14.8 Å². The first-order valence-electron chi connectivity index (χ1n) is 10.4. The van der Waals surface area contributed by atoms with Crippen LogP contribution in [0, 0.1) is 11.8 Å². The summed E-state index contributed by atoms with van der Waals surface area (Å²) in [6.45, 7) is 7.23. The summed E-state index contributed by atoms with van der Waals surface area (Å²) < 4.78 is 17.6. The molecule has 0 spiro atoms. The number of likely N-dealkylation sites (tertiary alicyclic amines) is 1. The molecule has 6 heteroatoms. The van der Waals surface area contributed by atoms with Crippen molar-refractivity contribution < 1.29 is 14.2 Å². The Morgan fingerprint density at radius 1 is 1.11 bits per heavy atom. The normalized spacial score (nSPS) is 31.7. The zero-order chi connectivity index (χ0) is 18.2. The Hall–Kier alpha value is -1.95. The van der Waals surface area contributed by atoms with E-state index in [-0.39, 0.29) is 0 Å². The smallest absolute Gasteiger partial charge is 0.194 e. The first-order chi connectivity index (χ1) is 13.3. The highest BCUT2D eigenvalue weighted by Gasteiger charge is 2.53. The Morgan fingerprint density at radius 3 is 2.59 bits per heavy atom. The van der Waals surface area contributed by atoms with Gasteiger partial charge in [0.05, 0.1) is 32.0 Å². The zero-order valence-electron chi connectivity index (χ0n) is 16.0. The number of nitrogens with one attached hydrogen (secondary N) is 1. The van der Waals surface area contributed by atoms with Crippen LogP contribution in [0.15, 0.2) is 23.2 Å². The highest BCUT2D eigenvalue weighted by Crippen LogP contribution is 2.47. The molecule has 4 aliphatic rings. The van der Waals surface area contributed by atoms with Crippen molar-refractivity contribution in [3.63, 3.8) is 0 Å². The molecular formula is C21H29N3O3. The highest BCUT2D eigenvalue weighted by atomic mass is 16.5. The average molecular weight is 371 g/mol. The number of fused-ring (bicyclic) bond motifs is 6. The van der Waals surface area contributed by atoms with Crippen LogP contribution in [0.4, 0.5) is 0 Å². The zero-order valence-corrected chi connectivity index (χ0v) is 16.0. The predicted molar refractivity (Wildman–Crippen MR) is 103 cm³/mol. The molecule has 6 nitrogen and oxygen atoms in total. The molecular weight excluding hydrogens is 342 g/mol. The van der Waals surface area contributed by atoms with Gasteiger partial charge in [0.2, 0.25) is 0 Å². The van der Waals surface area contributed by atoms with Gasteiger partial charge in [-0.1, -0.05) is 6.07 Å². The van der Waals surface area contributed by atoms with E-state index in [1.165, 1.54) is 12.8 Å². The molecule has 1 aromatic rings. The maximum atomic E-state index is 6.11. The molecule has 4 heterocycles. The summed E-state index contributed by atoms with van der Waals surface area (Å²) >= 11 is 0. The second kappa shape index (κ2) is 7.23. The van der Waals surface area contributed by atoms with E-state index in [0.717, 1.165) is 55.7 Å². The summed E-state index contributed by atoms with van der Waals surface area (Å²) in [6.07, 6.45) is 4.37. The fourth-order valence-electron chi connectivity index (χ4n) is 5.03. The van der Waals surface area contributed by atoms with E-state index in [4.69, 9.17) is 19.2 Å². The van der Waals surface area contributed by atoms with Crippen molar-refractivity contribution in [1.82, 2.24) is 10.2 Å². The van der Waals surface area contributed by atoms with Crippen LogP contribution in [0.25, 0.3) is 0 Å². The van der Waals surface area contributed by atoms with Gasteiger partial charge in [0, 0.05) is 37.9 Å². The monoisotopic (exact) mass is 371 g/mol. The largest absolute Gasteiger partial charge is 0.490 e. The number of rotatable bonds is 3. The summed E-state index contributed by atoms with van der Waals surface area (Å²) in [7, 11) is 0. The Bertz CT molecular complexity index is 705. The molecule has 27 heavy (non-hydrogen) atoms. The van der Waals surface area contributed by atoms with Gasteiger partial charge in [-0.2, -0.15) is 0 Å². The summed E-state index contributed by atoms with van der Waals surface area (Å²) in [5, 5.41) is 3.49. The molecule has 0 radical (unpaired) electrons. The quantitative estimate of drug-likeness (QED) is 0.653. The van der Waals surface area contributed by atoms with Gasteiger partial charge in [-0.15, -0.1) is 0 Å². The topological polar surface area (TPSA) is 55.3 Å². The molecule has 4 aliphatic heterocycles. The molecule has 1 aromatic carbocycles. The summed E-state index contributed by atoms with van der Waals surface area (Å²) in [5.41, 5.74) is 1.15. The molecule has 146 valence electrons. The third-order valence-corrected chi connectivity index (χ3v) is 6.31. The van der Waals surface area contributed by atoms with Crippen molar-refractivity contribution in [1.29, 1.82) is 0 Å². The lowest BCUT2D eigenvalue weighted by Gasteiger charge is -2.23. The fraction of sp³-hybridized carbons (Fsp3) is 0.667. The van der Waals surface area contributed by atoms with Gasteiger partial charge in [-0.25, -0.2) is 4.99 Å². The number of aliphatic imine (C=N–C) groups is 1. The Kier molecular flexibility index (Phi) is 4.60. The van der Waals surface area contributed by atoms with Crippen molar-refractivity contribution in [3.05, 3.63) is 23.8 Å². The lowest BCUT2D eigenvalue weighted by Crippen LogP contribution is -2.41. The van der Waals surface area contributed by atoms with E-state index in [0.29, 0.717) is 37.2 Å². The maximum absolute atomic E-state index is 6.11.